The summed E-state index contributed by atoms with van der Waals surface area (Å²) in [5, 5.41) is 0.837. The molecule has 2 aromatic rings. The third-order valence-electron chi connectivity index (χ3n) is 2.80. The van der Waals surface area contributed by atoms with Crippen molar-refractivity contribution in [2.45, 2.75) is 18.2 Å². The van der Waals surface area contributed by atoms with Crippen LogP contribution < -0.4 is 0 Å². The number of hydrogen-bond donors (Lipinski definition) is 0. The molecule has 0 amide bonds. The Hall–Kier alpha value is -0.790. The van der Waals surface area contributed by atoms with Crippen molar-refractivity contribution >= 4 is 27.5 Å². The van der Waals surface area contributed by atoms with E-state index in [2.05, 4.69) is 53.2 Å². The van der Waals surface area contributed by atoms with Crippen molar-refractivity contribution in [1.82, 2.24) is 0 Å². The van der Waals surface area contributed by atoms with Crippen LogP contribution in [0.3, 0.4) is 0 Å². The lowest BCUT2D eigenvalue weighted by molar-refractivity contribution is 0.948. The van der Waals surface area contributed by atoms with Crippen LogP contribution in [0, 0.1) is 6.92 Å². The largest absolute Gasteiger partial charge is 0.0840 e. The Labute approximate surface area is 116 Å². The molecule has 0 spiro atoms. The maximum absolute atomic E-state index is 6.16. The van der Waals surface area contributed by atoms with Crippen molar-refractivity contribution in [3.63, 3.8) is 0 Å². The van der Waals surface area contributed by atoms with Crippen molar-refractivity contribution in [1.29, 1.82) is 0 Å². The minimum Gasteiger partial charge on any atom is -0.0840 e. The topological polar surface area (TPSA) is 0 Å². The van der Waals surface area contributed by atoms with Gasteiger partial charge in [0.1, 0.15) is 0 Å². The highest BCUT2D eigenvalue weighted by molar-refractivity contribution is 9.09. The lowest BCUT2D eigenvalue weighted by atomic mass is 10.0. The van der Waals surface area contributed by atoms with E-state index in [1.165, 1.54) is 16.7 Å². The monoisotopic (exact) mass is 308 g/mol. The van der Waals surface area contributed by atoms with Crippen LogP contribution in [-0.4, -0.2) is 0 Å². The van der Waals surface area contributed by atoms with Crippen LogP contribution in [0.15, 0.2) is 48.5 Å². The Kier molecular flexibility index (Phi) is 4.25. The van der Waals surface area contributed by atoms with Gasteiger partial charge in [0.25, 0.3) is 0 Å². The van der Waals surface area contributed by atoms with Gasteiger partial charge >= 0.3 is 0 Å². The number of hydrogen-bond acceptors (Lipinski definition) is 0. The average Bonchev–Trinajstić information content (AvgIpc) is 2.33. The minimum absolute atomic E-state index is 0.308. The molecule has 0 aliphatic carbocycles. The molecule has 1 atom stereocenters. The molecular weight excluding hydrogens is 296 g/mol. The molecule has 0 aliphatic rings. The van der Waals surface area contributed by atoms with Gasteiger partial charge in [-0.15, -0.1) is 0 Å². The summed E-state index contributed by atoms with van der Waals surface area (Å²) in [6.07, 6.45) is 0.905. The highest BCUT2D eigenvalue weighted by Gasteiger charge is 2.10. The van der Waals surface area contributed by atoms with Gasteiger partial charge < -0.3 is 0 Å². The van der Waals surface area contributed by atoms with E-state index in [-0.39, 0.29) is 0 Å². The fourth-order valence-corrected chi connectivity index (χ4v) is 2.62. The third-order valence-corrected chi connectivity index (χ3v) is 4.02. The molecule has 0 saturated heterocycles. The third kappa shape index (κ3) is 3.34. The van der Waals surface area contributed by atoms with Gasteiger partial charge in [-0.2, -0.15) is 0 Å². The highest BCUT2D eigenvalue weighted by Crippen LogP contribution is 2.29. The molecule has 0 aromatic heterocycles. The molecule has 88 valence electrons. The van der Waals surface area contributed by atoms with Gasteiger partial charge in [0.2, 0.25) is 0 Å². The molecule has 17 heavy (non-hydrogen) atoms. The second-order valence-corrected chi connectivity index (χ2v) is 5.69. The van der Waals surface area contributed by atoms with Crippen LogP contribution in [0.4, 0.5) is 0 Å². The van der Waals surface area contributed by atoms with E-state index in [0.29, 0.717) is 4.83 Å². The highest BCUT2D eigenvalue weighted by atomic mass is 79.9. The van der Waals surface area contributed by atoms with E-state index in [1.54, 1.807) is 0 Å². The Morgan fingerprint density at radius 1 is 1.06 bits per heavy atom. The predicted molar refractivity (Wildman–Crippen MR) is 78.0 cm³/mol. The molecule has 0 heterocycles. The first kappa shape index (κ1) is 12.7. The fourth-order valence-electron chi connectivity index (χ4n) is 1.75. The molecule has 0 fully saturated rings. The normalized spacial score (nSPS) is 12.4. The van der Waals surface area contributed by atoms with Gasteiger partial charge in [0, 0.05) is 9.85 Å². The minimum atomic E-state index is 0.308. The lowest BCUT2D eigenvalue weighted by Crippen LogP contribution is -1.96. The zero-order valence-electron chi connectivity index (χ0n) is 9.66. The van der Waals surface area contributed by atoms with E-state index in [1.807, 2.05) is 18.2 Å². The summed E-state index contributed by atoms with van der Waals surface area (Å²) < 4.78 is 0. The Morgan fingerprint density at radius 3 is 2.35 bits per heavy atom. The number of benzene rings is 2. The summed E-state index contributed by atoms with van der Waals surface area (Å²) in [5.74, 6) is 0. The Morgan fingerprint density at radius 2 is 1.71 bits per heavy atom. The molecule has 1 unspecified atom stereocenters. The van der Waals surface area contributed by atoms with Gasteiger partial charge in [-0.3, -0.25) is 0 Å². The SMILES string of the molecule is Cc1ccc(C(Br)Cc2ccccc2Cl)cc1. The first-order valence-electron chi connectivity index (χ1n) is 5.61. The zero-order chi connectivity index (χ0) is 12.3. The van der Waals surface area contributed by atoms with Crippen LogP contribution >= 0.6 is 27.5 Å². The quantitative estimate of drug-likeness (QED) is 0.672. The summed E-state index contributed by atoms with van der Waals surface area (Å²) in [5.41, 5.74) is 3.75. The maximum atomic E-state index is 6.16. The second kappa shape index (κ2) is 5.70. The molecule has 0 N–H and O–H groups in total. The molecule has 0 saturated carbocycles. The van der Waals surface area contributed by atoms with Gasteiger partial charge in [-0.25, -0.2) is 0 Å². The molecule has 0 bridgehead atoms. The van der Waals surface area contributed by atoms with Gasteiger partial charge in [0.15, 0.2) is 0 Å². The molecule has 0 aliphatic heterocycles. The molecule has 0 nitrogen and oxygen atoms in total. The molecular formula is C15H14BrCl. The second-order valence-electron chi connectivity index (χ2n) is 4.17. The van der Waals surface area contributed by atoms with Gasteiger partial charge in [-0.1, -0.05) is 75.6 Å². The van der Waals surface area contributed by atoms with Crippen molar-refractivity contribution in [2.24, 2.45) is 0 Å². The van der Waals surface area contributed by atoms with E-state index in [4.69, 9.17) is 11.6 Å². The summed E-state index contributed by atoms with van der Waals surface area (Å²) in [4.78, 5) is 0.308. The van der Waals surface area contributed by atoms with Crippen LogP contribution in [-0.2, 0) is 6.42 Å². The van der Waals surface area contributed by atoms with Crippen molar-refractivity contribution in [3.8, 4) is 0 Å². The molecule has 2 rings (SSSR count). The van der Waals surface area contributed by atoms with E-state index >= 15 is 0 Å². The maximum Gasteiger partial charge on any atom is 0.0438 e. The van der Waals surface area contributed by atoms with E-state index in [0.717, 1.165) is 11.4 Å². The molecule has 0 radical (unpaired) electrons. The van der Waals surface area contributed by atoms with E-state index in [9.17, 15) is 0 Å². The van der Waals surface area contributed by atoms with Crippen LogP contribution in [0.1, 0.15) is 21.5 Å². The zero-order valence-corrected chi connectivity index (χ0v) is 12.0. The molecule has 2 heteroatoms. The van der Waals surface area contributed by atoms with Crippen LogP contribution in [0.2, 0.25) is 5.02 Å². The number of rotatable bonds is 3. The number of alkyl halides is 1. The summed E-state index contributed by atoms with van der Waals surface area (Å²) in [6, 6.07) is 16.6. The standard InChI is InChI=1S/C15H14BrCl/c1-11-6-8-12(9-7-11)14(16)10-13-4-2-3-5-15(13)17/h2-9,14H,10H2,1H3. The van der Waals surface area contributed by atoms with Gasteiger partial charge in [0.05, 0.1) is 0 Å². The van der Waals surface area contributed by atoms with E-state index < -0.39 is 0 Å². The van der Waals surface area contributed by atoms with Gasteiger partial charge in [-0.05, 0) is 30.5 Å². The first-order chi connectivity index (χ1) is 8.16. The summed E-state index contributed by atoms with van der Waals surface area (Å²) in [6.45, 7) is 2.10. The van der Waals surface area contributed by atoms with Crippen LogP contribution in [0.5, 0.6) is 0 Å². The van der Waals surface area contributed by atoms with Crippen molar-refractivity contribution in [3.05, 3.63) is 70.2 Å². The Balaban J connectivity index is 2.14. The lowest BCUT2D eigenvalue weighted by Gasteiger charge is -2.11. The summed E-state index contributed by atoms with van der Waals surface area (Å²) in [7, 11) is 0. The number of aryl methyl sites for hydroxylation is 1. The summed E-state index contributed by atoms with van der Waals surface area (Å²) >= 11 is 9.88. The number of halogens is 2. The predicted octanol–water partition coefficient (Wildman–Crippen LogP) is 5.33. The Bertz CT molecular complexity index is 491. The molecule has 2 aromatic carbocycles. The average molecular weight is 310 g/mol. The van der Waals surface area contributed by atoms with Crippen molar-refractivity contribution < 1.29 is 0 Å². The smallest absolute Gasteiger partial charge is 0.0438 e. The first-order valence-corrected chi connectivity index (χ1v) is 6.90. The fraction of sp³-hybridized carbons (Fsp3) is 0.200. The van der Waals surface area contributed by atoms with Crippen molar-refractivity contribution in [2.75, 3.05) is 0 Å². The van der Waals surface area contributed by atoms with Crippen LogP contribution in [0.25, 0.3) is 0 Å².